The lowest BCUT2D eigenvalue weighted by Gasteiger charge is -2.22. The number of carbonyl (C=O) groups excluding carboxylic acids is 1. The van der Waals surface area contributed by atoms with Gasteiger partial charge in [-0.3, -0.25) is 4.79 Å². The fourth-order valence-corrected chi connectivity index (χ4v) is 5.99. The second-order valence-electron chi connectivity index (χ2n) is 10.8. The number of hydrogen-bond acceptors (Lipinski definition) is 8. The molecule has 3 atom stereocenters. The molecule has 3 aromatic heterocycles. The molecule has 0 bridgehead atoms. The number of ether oxygens (including phenoxy) is 1. The van der Waals surface area contributed by atoms with Crippen molar-refractivity contribution >= 4 is 17.2 Å². The second kappa shape index (κ2) is 9.25. The summed E-state index contributed by atoms with van der Waals surface area (Å²) >= 11 is 1.35. The number of benzene rings is 1. The maximum atomic E-state index is 13.3. The van der Waals surface area contributed by atoms with Gasteiger partial charge in [0.15, 0.2) is 10.8 Å². The fraction of sp³-hybridized carbons (Fsp3) is 0.345. The molecule has 1 aliphatic heterocycles. The highest BCUT2D eigenvalue weighted by Gasteiger charge is 2.59. The molecular weight excluding hydrogens is 496 g/mol. The van der Waals surface area contributed by atoms with Crippen molar-refractivity contribution in [1.82, 2.24) is 24.8 Å². The Kier molecular flexibility index (Phi) is 6.00. The molecule has 2 N–H and O–H groups in total. The summed E-state index contributed by atoms with van der Waals surface area (Å²) in [4.78, 5) is 33.8. The number of amides is 1. The number of nitrogens with zero attached hydrogens (tertiary/aromatic N) is 5. The van der Waals surface area contributed by atoms with Crippen LogP contribution in [0.25, 0.3) is 22.1 Å². The molecule has 9 heteroatoms. The molecule has 2 fully saturated rings. The molecule has 8 nitrogen and oxygen atoms in total. The molecule has 4 aromatic rings. The third kappa shape index (κ3) is 4.68. The number of hydrogen-bond donors (Lipinski definition) is 1. The summed E-state index contributed by atoms with van der Waals surface area (Å²) in [5.74, 6) is 1.73. The molecule has 2 aliphatic rings. The molecule has 38 heavy (non-hydrogen) atoms. The third-order valence-electron chi connectivity index (χ3n) is 7.30. The Hall–Kier alpha value is -3.69. The number of aromatic nitrogens is 4. The molecule has 1 unspecified atom stereocenters. The molecular formula is C29H30N6O2S. The topological polar surface area (TPSA) is 107 Å². The number of piperidine rings is 1. The average Bonchev–Trinajstić information content (AvgIpc) is 3.22. The summed E-state index contributed by atoms with van der Waals surface area (Å²) < 4.78 is 6.40. The van der Waals surface area contributed by atoms with Gasteiger partial charge in [0.05, 0.1) is 11.4 Å². The van der Waals surface area contributed by atoms with Crippen LogP contribution in [0.4, 0.5) is 0 Å². The third-order valence-corrected chi connectivity index (χ3v) is 8.44. The van der Waals surface area contributed by atoms with Crippen molar-refractivity contribution in [3.05, 3.63) is 76.6 Å². The van der Waals surface area contributed by atoms with Gasteiger partial charge in [-0.05, 0) is 45.4 Å². The number of aryl methyl sites for hydroxylation is 2. The van der Waals surface area contributed by atoms with Crippen LogP contribution in [0.15, 0.2) is 54.9 Å². The minimum Gasteiger partial charge on any atom is -0.474 e. The van der Waals surface area contributed by atoms with Crippen LogP contribution >= 0.6 is 11.3 Å². The lowest BCUT2D eigenvalue weighted by molar-refractivity contribution is 0.0755. The van der Waals surface area contributed by atoms with Gasteiger partial charge in [-0.1, -0.05) is 29.8 Å². The molecule has 6 rings (SSSR count). The van der Waals surface area contributed by atoms with Crippen molar-refractivity contribution in [2.24, 2.45) is 17.6 Å². The highest BCUT2D eigenvalue weighted by molar-refractivity contribution is 7.17. The molecule has 1 saturated carbocycles. The number of pyridine rings is 1. The summed E-state index contributed by atoms with van der Waals surface area (Å²) in [5, 5.41) is 0.662. The van der Waals surface area contributed by atoms with Gasteiger partial charge in [0, 0.05) is 54.5 Å². The highest BCUT2D eigenvalue weighted by Crippen LogP contribution is 2.48. The summed E-state index contributed by atoms with van der Waals surface area (Å²) in [6.45, 7) is 9.22. The monoisotopic (exact) mass is 526 g/mol. The van der Waals surface area contributed by atoms with Crippen molar-refractivity contribution in [3.8, 4) is 28.0 Å². The molecule has 194 valence electrons. The van der Waals surface area contributed by atoms with E-state index in [0.29, 0.717) is 52.2 Å². The first-order chi connectivity index (χ1) is 18.2. The van der Waals surface area contributed by atoms with E-state index in [1.807, 2.05) is 37.8 Å². The maximum Gasteiger partial charge on any atom is 0.265 e. The number of rotatable bonds is 6. The normalized spacial score (nSPS) is 20.3. The second-order valence-corrected chi connectivity index (χ2v) is 11.8. The predicted octanol–water partition coefficient (Wildman–Crippen LogP) is 4.62. The van der Waals surface area contributed by atoms with Crippen molar-refractivity contribution in [2.45, 2.75) is 39.3 Å². The minimum atomic E-state index is -0.528. The lowest BCUT2D eigenvalue weighted by Crippen LogP contribution is -2.33. The quantitative estimate of drug-likeness (QED) is 0.391. The van der Waals surface area contributed by atoms with Crippen LogP contribution in [0.3, 0.4) is 0 Å². The SMILES string of the molecule is Cc1ccc(-c2cc(C(C)(C)N)cc(OC3[C@H]4CN(C(=O)c5sc(-c6ncccn6)nc5C)C[C@@H]34)n2)cc1. The van der Waals surface area contributed by atoms with Gasteiger partial charge in [0.1, 0.15) is 11.0 Å². The van der Waals surface area contributed by atoms with Crippen LogP contribution in [-0.4, -0.2) is 49.9 Å². The van der Waals surface area contributed by atoms with Crippen LogP contribution in [0, 0.1) is 25.7 Å². The number of carbonyl (C=O) groups is 1. The van der Waals surface area contributed by atoms with E-state index < -0.39 is 5.54 Å². The Morgan fingerprint density at radius 3 is 2.39 bits per heavy atom. The van der Waals surface area contributed by atoms with Gasteiger partial charge in [-0.15, -0.1) is 11.3 Å². The van der Waals surface area contributed by atoms with E-state index >= 15 is 0 Å². The summed E-state index contributed by atoms with van der Waals surface area (Å²) in [5.41, 5.74) is 10.7. The summed E-state index contributed by atoms with van der Waals surface area (Å²) in [6, 6.07) is 14.0. The standard InChI is InChI=1S/C29H30N6O2S/c1-16-6-8-18(9-7-16)22-12-19(29(3,4)30)13-23(34-22)37-24-20-14-35(15-21(20)24)28(36)25-17(2)33-27(38-25)26-31-10-5-11-32-26/h5-13,20-21,24H,14-15,30H2,1-4H3/t20-,21+,24?. The zero-order valence-electron chi connectivity index (χ0n) is 21.9. The minimum absolute atomic E-state index is 0.0137. The highest BCUT2D eigenvalue weighted by atomic mass is 32.1. The van der Waals surface area contributed by atoms with Crippen molar-refractivity contribution in [1.29, 1.82) is 0 Å². The van der Waals surface area contributed by atoms with Crippen molar-refractivity contribution < 1.29 is 9.53 Å². The lowest BCUT2D eigenvalue weighted by atomic mass is 9.94. The van der Waals surface area contributed by atoms with Gasteiger partial charge in [-0.2, -0.15) is 0 Å². The van der Waals surface area contributed by atoms with Crippen molar-refractivity contribution in [3.63, 3.8) is 0 Å². The first kappa shape index (κ1) is 24.6. The Labute approximate surface area is 225 Å². The number of likely N-dealkylation sites (tertiary alicyclic amines) is 1. The van der Waals surface area contributed by atoms with Gasteiger partial charge in [-0.25, -0.2) is 19.9 Å². The van der Waals surface area contributed by atoms with Gasteiger partial charge in [0.2, 0.25) is 5.88 Å². The molecule has 4 heterocycles. The van der Waals surface area contributed by atoms with Crippen LogP contribution in [0.2, 0.25) is 0 Å². The summed E-state index contributed by atoms with van der Waals surface area (Å²) in [6.07, 6.45) is 3.40. The first-order valence-corrected chi connectivity index (χ1v) is 13.6. The molecule has 1 aliphatic carbocycles. The zero-order chi connectivity index (χ0) is 26.6. The predicted molar refractivity (Wildman–Crippen MR) is 147 cm³/mol. The van der Waals surface area contributed by atoms with E-state index in [2.05, 4.69) is 46.1 Å². The smallest absolute Gasteiger partial charge is 0.265 e. The number of fused-ring (bicyclic) bond motifs is 1. The zero-order valence-corrected chi connectivity index (χ0v) is 22.7. The van der Waals surface area contributed by atoms with E-state index in [4.69, 9.17) is 15.5 Å². The van der Waals surface area contributed by atoms with Crippen LogP contribution in [-0.2, 0) is 5.54 Å². The number of thiazole rings is 1. The van der Waals surface area contributed by atoms with Gasteiger partial charge < -0.3 is 15.4 Å². The fourth-order valence-electron chi connectivity index (χ4n) is 5.01. The van der Waals surface area contributed by atoms with Crippen LogP contribution in [0.1, 0.15) is 40.3 Å². The molecule has 1 aromatic carbocycles. The van der Waals surface area contributed by atoms with E-state index in [0.717, 1.165) is 16.8 Å². The van der Waals surface area contributed by atoms with Crippen LogP contribution in [0.5, 0.6) is 5.88 Å². The Morgan fingerprint density at radius 1 is 1.05 bits per heavy atom. The van der Waals surface area contributed by atoms with Gasteiger partial charge in [0.25, 0.3) is 5.91 Å². The van der Waals surface area contributed by atoms with E-state index in [1.54, 1.807) is 18.5 Å². The Morgan fingerprint density at radius 2 is 1.74 bits per heavy atom. The Bertz CT molecular complexity index is 1480. The number of nitrogens with two attached hydrogens (primary N) is 1. The average molecular weight is 527 g/mol. The largest absolute Gasteiger partial charge is 0.474 e. The maximum absolute atomic E-state index is 13.3. The molecule has 0 radical (unpaired) electrons. The summed E-state index contributed by atoms with van der Waals surface area (Å²) in [7, 11) is 0. The van der Waals surface area contributed by atoms with E-state index in [-0.39, 0.29) is 12.0 Å². The Balaban J connectivity index is 1.16. The van der Waals surface area contributed by atoms with Crippen molar-refractivity contribution in [2.75, 3.05) is 13.1 Å². The van der Waals surface area contributed by atoms with Gasteiger partial charge >= 0.3 is 0 Å². The molecule has 0 spiro atoms. The van der Waals surface area contributed by atoms with E-state index in [9.17, 15) is 4.79 Å². The molecule has 1 saturated heterocycles. The molecule has 1 amide bonds. The first-order valence-electron chi connectivity index (χ1n) is 12.8. The van der Waals surface area contributed by atoms with E-state index in [1.165, 1.54) is 16.9 Å². The van der Waals surface area contributed by atoms with Crippen LogP contribution < -0.4 is 10.5 Å².